The van der Waals surface area contributed by atoms with E-state index in [1.165, 1.54) is 9.47 Å². The standard InChI is InChI=1S/Ca.Mg.H3OP.4H/c;;1-2;;;;/h;;1H,2H2;;;;/q2*+2;;4*-1. The molecule has 0 amide bonds. The molecule has 0 saturated carbocycles. The molecule has 0 fully saturated rings. The van der Waals surface area contributed by atoms with E-state index in [0.29, 0.717) is 0 Å². The Morgan fingerprint density at radius 2 is 1.50 bits per heavy atom. The molecule has 0 aliphatic carbocycles. The van der Waals surface area contributed by atoms with Crippen molar-refractivity contribution in [3.63, 3.8) is 0 Å². The van der Waals surface area contributed by atoms with Crippen LogP contribution in [0.15, 0.2) is 0 Å². The molecule has 0 spiro atoms. The maximum absolute atomic E-state index is 6.92. The Morgan fingerprint density at radius 1 is 1.50 bits per heavy atom. The van der Waals surface area contributed by atoms with Gasteiger partial charge in [0.05, 0.1) is 0 Å². The van der Waals surface area contributed by atoms with E-state index < -0.39 is 0 Å². The van der Waals surface area contributed by atoms with Crippen LogP contribution in [0.4, 0.5) is 0 Å². The van der Waals surface area contributed by atoms with Gasteiger partial charge in [0, 0.05) is 0 Å². The largest absolute Gasteiger partial charge is 2.00 e. The van der Waals surface area contributed by atoms with Crippen molar-refractivity contribution in [2.45, 2.75) is 0 Å². The zero-order chi connectivity index (χ0) is 2.00. The second-order valence-electron chi connectivity index (χ2n) is 0. The normalized spacial score (nSPS) is 1.50. The summed E-state index contributed by atoms with van der Waals surface area (Å²) < 4.78 is 0. The second kappa shape index (κ2) is 18.1. The first-order valence-corrected chi connectivity index (χ1v) is 0.775. The summed E-state index contributed by atoms with van der Waals surface area (Å²) in [5.74, 6) is 0. The molecule has 0 aliphatic rings. The van der Waals surface area contributed by atoms with Crippen molar-refractivity contribution in [3.05, 3.63) is 0 Å². The minimum absolute atomic E-state index is 0. The Bertz CT molecular complexity index is 16.0. The van der Waals surface area contributed by atoms with E-state index in [1.807, 2.05) is 0 Å². The van der Waals surface area contributed by atoms with Crippen molar-refractivity contribution in [1.29, 1.82) is 0 Å². The van der Waals surface area contributed by atoms with Crippen LogP contribution >= 0.6 is 9.47 Å². The summed E-state index contributed by atoms with van der Waals surface area (Å²) in [5.41, 5.74) is 0. The van der Waals surface area contributed by atoms with Crippen LogP contribution in [0.1, 0.15) is 5.71 Å². The van der Waals surface area contributed by atoms with Crippen LogP contribution in [0.25, 0.3) is 0 Å². The van der Waals surface area contributed by atoms with Gasteiger partial charge >= 0.3 is 60.8 Å². The third-order valence-corrected chi connectivity index (χ3v) is 0. The molecule has 0 heterocycles. The van der Waals surface area contributed by atoms with Crippen molar-refractivity contribution >= 4 is 70.3 Å². The average Bonchev–Trinajstić information content (AvgIpc) is 1.00. The van der Waals surface area contributed by atoms with Crippen molar-refractivity contribution in [2.24, 2.45) is 0 Å². The summed E-state index contributed by atoms with van der Waals surface area (Å²) in [6.45, 7) is 0. The zero-order valence-electron chi connectivity index (χ0n) is 6.44. The molecule has 0 aliphatic heterocycles. The van der Waals surface area contributed by atoms with Crippen LogP contribution in [0, 0.1) is 0 Å². The first-order chi connectivity index (χ1) is 1.00. The van der Waals surface area contributed by atoms with E-state index in [-0.39, 0.29) is 66.5 Å². The quantitative estimate of drug-likeness (QED) is 0.335. The number of hydrogen-bond acceptors (Lipinski definition) is 1. The van der Waals surface area contributed by atoms with Crippen LogP contribution in [0.5, 0.6) is 0 Å². The van der Waals surface area contributed by atoms with E-state index in [2.05, 4.69) is 0 Å². The fourth-order valence-electron chi connectivity index (χ4n) is 0. The van der Waals surface area contributed by atoms with E-state index in [0.717, 1.165) is 0 Å². The smallest absolute Gasteiger partial charge is 1.00 e. The molecule has 1 unspecified atom stereocenters. The molecule has 4 heteroatoms. The van der Waals surface area contributed by atoms with Gasteiger partial charge in [0.2, 0.25) is 0 Å². The molecule has 0 radical (unpaired) electrons. The molecule has 1 atom stereocenters. The first kappa shape index (κ1) is 16.1. The van der Waals surface area contributed by atoms with Gasteiger partial charge in [0.25, 0.3) is 0 Å². The van der Waals surface area contributed by atoms with Crippen LogP contribution < -0.4 is 0 Å². The van der Waals surface area contributed by atoms with E-state index in [4.69, 9.17) is 4.89 Å². The van der Waals surface area contributed by atoms with Gasteiger partial charge in [0.15, 0.2) is 0 Å². The average molecular weight is 118 g/mol. The van der Waals surface area contributed by atoms with Gasteiger partial charge in [-0.1, -0.05) is 0 Å². The molecule has 0 bridgehead atoms. The molecular weight excluding hydrogens is 111 g/mol. The topological polar surface area (TPSA) is 20.2 Å². The summed E-state index contributed by atoms with van der Waals surface area (Å²) in [6.07, 6.45) is 0. The molecule has 1 N–H and O–H groups in total. The molecule has 4 heavy (non-hydrogen) atoms. The SMILES string of the molecule is OP.[Ca+2].[H-].[H-].[H-].[H-].[Mg+2]. The molecule has 0 saturated heterocycles. The molecular formula is H7CaMgOP. The first-order valence-electron chi connectivity index (χ1n) is 0.258. The van der Waals surface area contributed by atoms with E-state index >= 15 is 0 Å². The maximum Gasteiger partial charge on any atom is 2.00 e. The minimum atomic E-state index is 0. The van der Waals surface area contributed by atoms with Gasteiger partial charge in [0.1, 0.15) is 0 Å². The third-order valence-electron chi connectivity index (χ3n) is 0. The van der Waals surface area contributed by atoms with Crippen LogP contribution in [0.2, 0.25) is 0 Å². The Balaban J connectivity index is -0.000000000333. The molecule has 0 aromatic carbocycles. The second-order valence-corrected chi connectivity index (χ2v) is 0. The monoisotopic (exact) mass is 118 g/mol. The van der Waals surface area contributed by atoms with Gasteiger partial charge in [-0.2, -0.15) is 0 Å². The van der Waals surface area contributed by atoms with Crippen molar-refractivity contribution in [1.82, 2.24) is 0 Å². The summed E-state index contributed by atoms with van der Waals surface area (Å²) in [5, 5.41) is 0. The van der Waals surface area contributed by atoms with Crippen LogP contribution in [0.3, 0.4) is 0 Å². The predicted octanol–water partition coefficient (Wildman–Crippen LogP) is -0.543. The Morgan fingerprint density at radius 3 is 1.50 bits per heavy atom. The maximum atomic E-state index is 6.92. The fraction of sp³-hybridized carbons (Fsp3) is 0. The van der Waals surface area contributed by atoms with Crippen molar-refractivity contribution in [3.8, 4) is 0 Å². The third kappa shape index (κ3) is 8.83. The van der Waals surface area contributed by atoms with E-state index in [1.54, 1.807) is 0 Å². The Kier molecular flexibility index (Phi) is 73.0. The molecule has 0 rings (SSSR count). The fourth-order valence-corrected chi connectivity index (χ4v) is 0. The van der Waals surface area contributed by atoms with Crippen LogP contribution in [-0.4, -0.2) is 65.7 Å². The van der Waals surface area contributed by atoms with Crippen molar-refractivity contribution in [2.75, 3.05) is 0 Å². The van der Waals surface area contributed by atoms with Gasteiger partial charge < -0.3 is 10.6 Å². The minimum Gasteiger partial charge on any atom is -1.00 e. The number of rotatable bonds is 0. The zero-order valence-corrected chi connectivity index (χ0v) is 7.22. The molecule has 1 nitrogen and oxygen atoms in total. The van der Waals surface area contributed by atoms with Gasteiger partial charge in [-0.25, -0.2) is 0 Å². The Hall–Kier alpha value is 2.42. The summed E-state index contributed by atoms with van der Waals surface area (Å²) in [4.78, 5) is 6.92. The van der Waals surface area contributed by atoms with Gasteiger partial charge in [-0.05, 0) is 9.47 Å². The summed E-state index contributed by atoms with van der Waals surface area (Å²) in [7, 11) is 1.42. The van der Waals surface area contributed by atoms with E-state index in [9.17, 15) is 0 Å². The van der Waals surface area contributed by atoms with Gasteiger partial charge in [-0.3, -0.25) is 0 Å². The molecule has 22 valence electrons. The Labute approximate surface area is 79.9 Å². The predicted molar refractivity (Wildman–Crippen MR) is 27.9 cm³/mol. The number of hydrogen-bond donors (Lipinski definition) is 1. The van der Waals surface area contributed by atoms with Crippen molar-refractivity contribution < 1.29 is 10.6 Å². The van der Waals surface area contributed by atoms with Crippen LogP contribution in [-0.2, 0) is 0 Å². The summed E-state index contributed by atoms with van der Waals surface area (Å²) in [6, 6.07) is 0. The molecule has 0 aromatic heterocycles. The molecule has 0 aromatic rings. The van der Waals surface area contributed by atoms with Gasteiger partial charge in [-0.15, -0.1) is 0 Å². The summed E-state index contributed by atoms with van der Waals surface area (Å²) >= 11 is 0.